The van der Waals surface area contributed by atoms with E-state index in [1.807, 2.05) is 17.6 Å². The SMILES string of the molecule is Cc1ccc2cc(C(=O)N[C@@H]3C4CCN(CC4)C3(C)C)sc2c1-c1nccs1. The fourth-order valence-electron chi connectivity index (χ4n) is 5.02. The number of carbonyl (C=O) groups is 1. The Morgan fingerprint density at radius 3 is 2.75 bits per heavy atom. The maximum atomic E-state index is 13.2. The molecule has 0 spiro atoms. The van der Waals surface area contributed by atoms with Crippen LogP contribution in [-0.4, -0.2) is 40.5 Å². The number of thiophene rings is 1. The lowest BCUT2D eigenvalue weighted by Crippen LogP contribution is -2.69. The summed E-state index contributed by atoms with van der Waals surface area (Å²) >= 11 is 3.24. The Hall–Kier alpha value is -1.76. The lowest BCUT2D eigenvalue weighted by molar-refractivity contribution is -0.0377. The van der Waals surface area contributed by atoms with Crippen LogP contribution in [0.2, 0.25) is 0 Å². The van der Waals surface area contributed by atoms with Crippen LogP contribution < -0.4 is 5.32 Å². The Balaban J connectivity index is 1.48. The van der Waals surface area contributed by atoms with E-state index >= 15 is 0 Å². The van der Waals surface area contributed by atoms with E-state index in [-0.39, 0.29) is 17.5 Å². The van der Waals surface area contributed by atoms with E-state index in [9.17, 15) is 4.79 Å². The van der Waals surface area contributed by atoms with Gasteiger partial charge < -0.3 is 5.32 Å². The summed E-state index contributed by atoms with van der Waals surface area (Å²) in [6.45, 7) is 8.98. The molecule has 0 radical (unpaired) electrons. The maximum absolute atomic E-state index is 13.2. The van der Waals surface area contributed by atoms with Gasteiger partial charge in [-0.2, -0.15) is 0 Å². The van der Waals surface area contributed by atoms with E-state index in [1.54, 1.807) is 22.7 Å². The lowest BCUT2D eigenvalue weighted by atomic mass is 9.72. The molecule has 3 saturated heterocycles. The number of amides is 1. The first-order valence-corrected chi connectivity index (χ1v) is 11.6. The predicted molar refractivity (Wildman–Crippen MR) is 117 cm³/mol. The molecule has 1 amide bonds. The average Bonchev–Trinajstić information content (AvgIpc) is 3.34. The minimum absolute atomic E-state index is 0.0240. The molecule has 5 heterocycles. The molecule has 28 heavy (non-hydrogen) atoms. The fourth-order valence-corrected chi connectivity index (χ4v) is 7.00. The second kappa shape index (κ2) is 6.65. The number of carbonyl (C=O) groups excluding carboxylic acids is 1. The van der Waals surface area contributed by atoms with Gasteiger partial charge in [0.05, 0.1) is 4.88 Å². The van der Waals surface area contributed by atoms with E-state index in [1.165, 1.54) is 24.0 Å². The predicted octanol–water partition coefficient (Wildman–Crippen LogP) is 4.94. The number of nitrogens with zero attached hydrogens (tertiary/aromatic N) is 2. The number of piperidine rings is 3. The Kier molecular flexibility index (Phi) is 4.34. The second-order valence-corrected chi connectivity index (χ2v) is 10.5. The molecule has 6 heteroatoms. The quantitative estimate of drug-likeness (QED) is 0.664. The van der Waals surface area contributed by atoms with Gasteiger partial charge in [0.1, 0.15) is 5.01 Å². The van der Waals surface area contributed by atoms with Gasteiger partial charge in [-0.1, -0.05) is 12.1 Å². The van der Waals surface area contributed by atoms with Gasteiger partial charge in [0.2, 0.25) is 0 Å². The van der Waals surface area contributed by atoms with Crippen molar-refractivity contribution in [3.8, 4) is 10.6 Å². The van der Waals surface area contributed by atoms with Gasteiger partial charge in [0.25, 0.3) is 5.91 Å². The Morgan fingerprint density at radius 2 is 2.07 bits per heavy atom. The van der Waals surface area contributed by atoms with E-state index in [0.29, 0.717) is 5.92 Å². The molecule has 2 aromatic heterocycles. The zero-order valence-electron chi connectivity index (χ0n) is 16.5. The summed E-state index contributed by atoms with van der Waals surface area (Å²) in [5, 5.41) is 7.56. The summed E-state index contributed by atoms with van der Waals surface area (Å²) in [6, 6.07) is 6.50. The van der Waals surface area contributed by atoms with Gasteiger partial charge in [-0.25, -0.2) is 4.98 Å². The minimum atomic E-state index is 0.0240. The zero-order chi connectivity index (χ0) is 19.5. The van der Waals surface area contributed by atoms with E-state index < -0.39 is 0 Å². The number of aryl methyl sites for hydroxylation is 1. The summed E-state index contributed by atoms with van der Waals surface area (Å²) in [7, 11) is 0. The van der Waals surface area contributed by atoms with Crippen molar-refractivity contribution in [3.63, 3.8) is 0 Å². The molecule has 0 unspecified atom stereocenters. The van der Waals surface area contributed by atoms with Gasteiger partial charge in [0, 0.05) is 33.4 Å². The van der Waals surface area contributed by atoms with Gasteiger partial charge in [-0.05, 0) is 69.6 Å². The number of thiazole rings is 1. The van der Waals surface area contributed by atoms with Crippen molar-refractivity contribution in [2.75, 3.05) is 13.1 Å². The van der Waals surface area contributed by atoms with Gasteiger partial charge in [-0.15, -0.1) is 22.7 Å². The van der Waals surface area contributed by atoms with Gasteiger partial charge in [0.15, 0.2) is 0 Å². The van der Waals surface area contributed by atoms with Crippen LogP contribution in [0.5, 0.6) is 0 Å². The molecule has 146 valence electrons. The number of aromatic nitrogens is 1. The first-order valence-electron chi connectivity index (χ1n) is 9.94. The molecule has 2 bridgehead atoms. The van der Waals surface area contributed by atoms with E-state index in [4.69, 9.17) is 0 Å². The van der Waals surface area contributed by atoms with Crippen LogP contribution in [0.25, 0.3) is 20.7 Å². The van der Waals surface area contributed by atoms with E-state index in [0.717, 1.165) is 33.1 Å². The highest BCUT2D eigenvalue weighted by molar-refractivity contribution is 7.22. The summed E-state index contributed by atoms with van der Waals surface area (Å²) in [6.07, 6.45) is 4.22. The third-order valence-electron chi connectivity index (χ3n) is 6.64. The van der Waals surface area contributed by atoms with Crippen LogP contribution in [0.15, 0.2) is 29.8 Å². The minimum Gasteiger partial charge on any atom is -0.346 e. The van der Waals surface area contributed by atoms with Crippen molar-refractivity contribution in [1.82, 2.24) is 15.2 Å². The largest absolute Gasteiger partial charge is 0.346 e. The van der Waals surface area contributed by atoms with Crippen molar-refractivity contribution in [2.45, 2.75) is 45.2 Å². The fraction of sp³-hybridized carbons (Fsp3) is 0.455. The first-order chi connectivity index (χ1) is 13.4. The highest BCUT2D eigenvalue weighted by Gasteiger charge is 2.48. The van der Waals surface area contributed by atoms with Crippen LogP contribution in [-0.2, 0) is 0 Å². The Morgan fingerprint density at radius 1 is 1.29 bits per heavy atom. The zero-order valence-corrected chi connectivity index (χ0v) is 18.1. The van der Waals surface area contributed by atoms with Crippen LogP contribution in [0.4, 0.5) is 0 Å². The lowest BCUT2D eigenvalue weighted by Gasteiger charge is -2.56. The van der Waals surface area contributed by atoms with Gasteiger partial charge in [-0.3, -0.25) is 9.69 Å². The average molecular weight is 412 g/mol. The Labute approximate surface area is 173 Å². The topological polar surface area (TPSA) is 45.2 Å². The molecule has 1 aromatic carbocycles. The molecule has 3 aromatic rings. The van der Waals surface area contributed by atoms with Crippen molar-refractivity contribution in [3.05, 3.63) is 40.2 Å². The molecular formula is C22H25N3OS2. The molecule has 3 fully saturated rings. The molecule has 3 aliphatic heterocycles. The highest BCUT2D eigenvalue weighted by Crippen LogP contribution is 2.40. The number of rotatable bonds is 3. The number of fused-ring (bicyclic) bond motifs is 4. The van der Waals surface area contributed by atoms with Crippen LogP contribution >= 0.6 is 22.7 Å². The maximum Gasteiger partial charge on any atom is 0.261 e. The third kappa shape index (κ3) is 2.81. The van der Waals surface area contributed by atoms with Crippen molar-refractivity contribution < 1.29 is 4.79 Å². The molecule has 6 rings (SSSR count). The first kappa shape index (κ1) is 18.3. The third-order valence-corrected chi connectivity index (χ3v) is 8.60. The molecule has 1 N–H and O–H groups in total. The highest BCUT2D eigenvalue weighted by atomic mass is 32.1. The number of hydrogen-bond donors (Lipinski definition) is 1. The van der Waals surface area contributed by atoms with Gasteiger partial charge >= 0.3 is 0 Å². The number of hydrogen-bond acceptors (Lipinski definition) is 5. The summed E-state index contributed by atoms with van der Waals surface area (Å²) < 4.78 is 1.16. The van der Waals surface area contributed by atoms with Crippen LogP contribution in [0, 0.1) is 12.8 Å². The monoisotopic (exact) mass is 411 g/mol. The molecule has 1 atom stereocenters. The molecule has 0 saturated carbocycles. The normalized spacial score (nSPS) is 25.9. The number of benzene rings is 1. The van der Waals surface area contributed by atoms with Crippen LogP contribution in [0.3, 0.4) is 0 Å². The molecule has 3 aliphatic rings. The molecule has 4 nitrogen and oxygen atoms in total. The smallest absolute Gasteiger partial charge is 0.261 e. The van der Waals surface area contributed by atoms with E-state index in [2.05, 4.69) is 48.1 Å². The van der Waals surface area contributed by atoms with Crippen molar-refractivity contribution in [2.24, 2.45) is 5.92 Å². The summed E-state index contributed by atoms with van der Waals surface area (Å²) in [5.74, 6) is 0.655. The Bertz CT molecular complexity index is 1030. The summed E-state index contributed by atoms with van der Waals surface area (Å²) in [5.41, 5.74) is 2.39. The summed E-state index contributed by atoms with van der Waals surface area (Å²) in [4.78, 5) is 21.0. The standard InChI is InChI=1S/C22H25N3OS2/c1-13-4-5-15-12-16(28-18(15)17(13)21-23-8-11-27-21)20(26)24-19-14-6-9-25(10-7-14)22(19,2)3/h4-5,8,11-12,14,19H,6-7,9-10H2,1-3H3,(H,24,26)/t19-/m1/s1. The van der Waals surface area contributed by atoms with Crippen molar-refractivity contribution in [1.29, 1.82) is 0 Å². The molecular weight excluding hydrogens is 386 g/mol. The second-order valence-electron chi connectivity index (χ2n) is 8.55. The van der Waals surface area contributed by atoms with Crippen LogP contribution in [0.1, 0.15) is 41.9 Å². The molecule has 0 aliphatic carbocycles. The number of nitrogens with one attached hydrogen (secondary N) is 1. The van der Waals surface area contributed by atoms with Crippen molar-refractivity contribution >= 4 is 38.7 Å².